The predicted octanol–water partition coefficient (Wildman–Crippen LogP) is 1.89. The number of fused-ring (bicyclic) bond motifs is 1. The minimum atomic E-state index is -0.575. The van der Waals surface area contributed by atoms with Crippen molar-refractivity contribution in [2.75, 3.05) is 25.4 Å². The molecule has 4 rings (SSSR count). The van der Waals surface area contributed by atoms with Crippen LogP contribution in [0.4, 0.5) is 5.95 Å². The van der Waals surface area contributed by atoms with Gasteiger partial charge in [-0.1, -0.05) is 18.2 Å². The van der Waals surface area contributed by atoms with E-state index >= 15 is 0 Å². The average molecular weight is 379 g/mol. The fraction of sp³-hybridized carbons (Fsp3) is 0.429. The van der Waals surface area contributed by atoms with E-state index in [4.69, 9.17) is 5.73 Å². The molecule has 3 heterocycles. The summed E-state index contributed by atoms with van der Waals surface area (Å²) in [5.74, 6) is 0.362. The van der Waals surface area contributed by atoms with Crippen LogP contribution in [0.15, 0.2) is 36.5 Å². The lowest BCUT2D eigenvalue weighted by Gasteiger charge is -2.42. The van der Waals surface area contributed by atoms with Crippen molar-refractivity contribution in [2.24, 2.45) is 5.41 Å². The van der Waals surface area contributed by atoms with Crippen molar-refractivity contribution in [1.82, 2.24) is 19.8 Å². The molecule has 0 bridgehead atoms. The molecule has 2 aliphatic heterocycles. The van der Waals surface area contributed by atoms with Crippen molar-refractivity contribution in [3.05, 3.63) is 53.3 Å². The van der Waals surface area contributed by atoms with Crippen molar-refractivity contribution in [3.63, 3.8) is 0 Å². The van der Waals surface area contributed by atoms with Gasteiger partial charge in [0, 0.05) is 49.9 Å². The Morgan fingerprint density at radius 3 is 2.71 bits per heavy atom. The highest BCUT2D eigenvalue weighted by Crippen LogP contribution is 2.34. The van der Waals surface area contributed by atoms with Crippen molar-refractivity contribution in [1.29, 1.82) is 0 Å². The molecule has 2 N–H and O–H groups in total. The summed E-state index contributed by atoms with van der Waals surface area (Å²) in [5.41, 5.74) is 7.63. The topological polar surface area (TPSA) is 92.4 Å². The molecule has 1 fully saturated rings. The van der Waals surface area contributed by atoms with Crippen LogP contribution in [0.5, 0.6) is 0 Å². The van der Waals surface area contributed by atoms with Crippen LogP contribution in [0.25, 0.3) is 0 Å². The lowest BCUT2D eigenvalue weighted by atomic mass is 9.79. The van der Waals surface area contributed by atoms with E-state index in [9.17, 15) is 9.59 Å². The van der Waals surface area contributed by atoms with Gasteiger partial charge in [0.2, 0.25) is 11.9 Å². The van der Waals surface area contributed by atoms with Gasteiger partial charge in [0.05, 0.1) is 11.1 Å². The number of amides is 2. The molecule has 1 saturated heterocycles. The Hall–Kier alpha value is -2.96. The first-order valence-electron chi connectivity index (χ1n) is 9.70. The highest BCUT2D eigenvalue weighted by Gasteiger charge is 2.42. The van der Waals surface area contributed by atoms with Gasteiger partial charge in [-0.2, -0.15) is 0 Å². The number of likely N-dealkylation sites (tertiary alicyclic amines) is 1. The Kier molecular flexibility index (Phi) is 4.75. The molecule has 0 radical (unpaired) electrons. The molecule has 7 heteroatoms. The Labute approximate surface area is 164 Å². The lowest BCUT2D eigenvalue weighted by molar-refractivity contribution is -0.144. The van der Waals surface area contributed by atoms with Crippen LogP contribution in [-0.4, -0.2) is 51.2 Å². The first kappa shape index (κ1) is 18.4. The number of hydrogen-bond acceptors (Lipinski definition) is 5. The van der Waals surface area contributed by atoms with Gasteiger partial charge in [0.1, 0.15) is 0 Å². The summed E-state index contributed by atoms with van der Waals surface area (Å²) in [5, 5.41) is 0. The summed E-state index contributed by atoms with van der Waals surface area (Å²) < 4.78 is 0. The minimum Gasteiger partial charge on any atom is -0.368 e. The number of hydrogen-bond donors (Lipinski definition) is 1. The molecule has 2 aliphatic rings. The van der Waals surface area contributed by atoms with Crippen LogP contribution in [0.3, 0.4) is 0 Å². The van der Waals surface area contributed by atoms with E-state index in [1.54, 1.807) is 6.20 Å². The van der Waals surface area contributed by atoms with E-state index in [1.807, 2.05) is 47.1 Å². The second-order valence-corrected chi connectivity index (χ2v) is 7.93. The number of carbonyl (C=O) groups excluding carboxylic acids is 2. The van der Waals surface area contributed by atoms with Crippen LogP contribution in [-0.2, 0) is 17.8 Å². The molecular weight excluding hydrogens is 354 g/mol. The fourth-order valence-corrected chi connectivity index (χ4v) is 4.24. The van der Waals surface area contributed by atoms with Gasteiger partial charge in [-0.15, -0.1) is 0 Å². The number of nitrogen functional groups attached to an aromatic ring is 1. The molecule has 1 unspecified atom stereocenters. The standard InChI is InChI=1S/C21H25N5O2/c1-21(9-5-10-26(14-21)18(27)15-6-3-2-4-7-15)19(28)25-11-8-17-16(13-25)12-23-20(22)24-17/h2-4,6-7,12H,5,8-11,13-14H2,1H3,(H2,22,23,24). The Balaban J connectivity index is 1.49. The zero-order valence-electron chi connectivity index (χ0n) is 16.1. The van der Waals surface area contributed by atoms with Gasteiger partial charge in [0.25, 0.3) is 5.91 Å². The summed E-state index contributed by atoms with van der Waals surface area (Å²) in [4.78, 5) is 38.3. The van der Waals surface area contributed by atoms with Gasteiger partial charge in [-0.25, -0.2) is 9.97 Å². The monoisotopic (exact) mass is 379 g/mol. The number of nitrogens with zero attached hydrogens (tertiary/aromatic N) is 4. The summed E-state index contributed by atoms with van der Waals surface area (Å²) in [6, 6.07) is 9.27. The molecule has 0 saturated carbocycles. The van der Waals surface area contributed by atoms with Gasteiger partial charge >= 0.3 is 0 Å². The first-order chi connectivity index (χ1) is 13.5. The summed E-state index contributed by atoms with van der Waals surface area (Å²) in [6.45, 7) is 4.23. The smallest absolute Gasteiger partial charge is 0.253 e. The predicted molar refractivity (Wildman–Crippen MR) is 105 cm³/mol. The van der Waals surface area contributed by atoms with Crippen LogP contribution < -0.4 is 5.73 Å². The third-order valence-electron chi connectivity index (χ3n) is 5.76. The summed E-state index contributed by atoms with van der Waals surface area (Å²) in [7, 11) is 0. The first-order valence-corrected chi connectivity index (χ1v) is 9.70. The Morgan fingerprint density at radius 1 is 1.14 bits per heavy atom. The van der Waals surface area contributed by atoms with E-state index in [0.29, 0.717) is 38.2 Å². The Bertz CT molecular complexity index is 901. The number of aromatic nitrogens is 2. The van der Waals surface area contributed by atoms with E-state index in [2.05, 4.69) is 9.97 Å². The zero-order chi connectivity index (χ0) is 19.7. The number of anilines is 1. The fourth-order valence-electron chi connectivity index (χ4n) is 4.24. The van der Waals surface area contributed by atoms with Gasteiger partial charge in [0.15, 0.2) is 0 Å². The van der Waals surface area contributed by atoms with Crippen molar-refractivity contribution >= 4 is 17.8 Å². The van der Waals surface area contributed by atoms with Crippen LogP contribution >= 0.6 is 0 Å². The number of carbonyl (C=O) groups is 2. The quantitative estimate of drug-likeness (QED) is 0.860. The maximum absolute atomic E-state index is 13.4. The molecule has 1 atom stereocenters. The molecule has 0 aliphatic carbocycles. The van der Waals surface area contributed by atoms with Gasteiger partial charge < -0.3 is 15.5 Å². The van der Waals surface area contributed by atoms with Crippen LogP contribution in [0.2, 0.25) is 0 Å². The average Bonchev–Trinajstić information content (AvgIpc) is 2.73. The van der Waals surface area contributed by atoms with E-state index in [1.165, 1.54) is 0 Å². The molecule has 0 spiro atoms. The number of nitrogens with two attached hydrogens (primary N) is 1. The third-order valence-corrected chi connectivity index (χ3v) is 5.76. The van der Waals surface area contributed by atoms with E-state index in [-0.39, 0.29) is 17.8 Å². The van der Waals surface area contributed by atoms with Gasteiger partial charge in [-0.05, 0) is 31.9 Å². The molecule has 1 aromatic heterocycles. The largest absolute Gasteiger partial charge is 0.368 e. The lowest BCUT2D eigenvalue weighted by Crippen LogP contribution is -2.53. The van der Waals surface area contributed by atoms with Crippen LogP contribution in [0, 0.1) is 5.41 Å². The molecule has 28 heavy (non-hydrogen) atoms. The van der Waals surface area contributed by atoms with Gasteiger partial charge in [-0.3, -0.25) is 9.59 Å². The van der Waals surface area contributed by atoms with Crippen molar-refractivity contribution < 1.29 is 9.59 Å². The maximum Gasteiger partial charge on any atom is 0.253 e. The molecule has 146 valence electrons. The second kappa shape index (κ2) is 7.22. The summed E-state index contributed by atoms with van der Waals surface area (Å²) in [6.07, 6.45) is 4.00. The number of rotatable bonds is 2. The summed E-state index contributed by atoms with van der Waals surface area (Å²) >= 11 is 0. The maximum atomic E-state index is 13.4. The van der Waals surface area contributed by atoms with E-state index in [0.717, 1.165) is 24.1 Å². The third kappa shape index (κ3) is 3.44. The highest BCUT2D eigenvalue weighted by molar-refractivity contribution is 5.95. The molecule has 1 aromatic carbocycles. The highest BCUT2D eigenvalue weighted by atomic mass is 16.2. The molecule has 2 amide bonds. The molecule has 2 aromatic rings. The second-order valence-electron chi connectivity index (χ2n) is 7.93. The van der Waals surface area contributed by atoms with Crippen molar-refractivity contribution in [2.45, 2.75) is 32.7 Å². The molecular formula is C21H25N5O2. The van der Waals surface area contributed by atoms with Crippen molar-refractivity contribution in [3.8, 4) is 0 Å². The molecule has 7 nitrogen and oxygen atoms in total. The Morgan fingerprint density at radius 2 is 1.93 bits per heavy atom. The SMILES string of the molecule is CC1(C(=O)N2CCc3nc(N)ncc3C2)CCCN(C(=O)c2ccccc2)C1. The van der Waals surface area contributed by atoms with Crippen LogP contribution in [0.1, 0.15) is 41.4 Å². The number of piperidine rings is 1. The number of benzene rings is 1. The minimum absolute atomic E-state index is 0.00723. The zero-order valence-corrected chi connectivity index (χ0v) is 16.1. The van der Waals surface area contributed by atoms with E-state index < -0.39 is 5.41 Å². The normalized spacial score (nSPS) is 21.9.